The molecule has 0 aliphatic carbocycles. The molecule has 1 heterocycles. The Bertz CT molecular complexity index is 1020. The van der Waals surface area contributed by atoms with E-state index in [1.54, 1.807) is 12.1 Å². The van der Waals surface area contributed by atoms with Crippen LogP contribution in [0.5, 0.6) is 0 Å². The lowest BCUT2D eigenvalue weighted by Crippen LogP contribution is -2.40. The Balaban J connectivity index is 2.22. The maximum absolute atomic E-state index is 13.3. The predicted molar refractivity (Wildman–Crippen MR) is 103 cm³/mol. The van der Waals surface area contributed by atoms with Crippen LogP contribution in [0.1, 0.15) is 29.2 Å². The zero-order valence-corrected chi connectivity index (χ0v) is 15.9. The van der Waals surface area contributed by atoms with Crippen LogP contribution in [-0.4, -0.2) is 11.9 Å². The van der Waals surface area contributed by atoms with Crippen molar-refractivity contribution in [1.82, 2.24) is 10.9 Å². The van der Waals surface area contributed by atoms with Crippen molar-refractivity contribution in [3.63, 3.8) is 0 Å². The number of halogens is 3. The topological polar surface area (TPSA) is 87.5 Å². The van der Waals surface area contributed by atoms with E-state index in [4.69, 9.17) is 5.73 Å². The van der Waals surface area contributed by atoms with Crippen LogP contribution in [0.25, 0.3) is 5.57 Å². The molecule has 1 aliphatic rings. The van der Waals surface area contributed by atoms with Crippen molar-refractivity contribution in [2.75, 3.05) is 4.90 Å². The van der Waals surface area contributed by atoms with Crippen molar-refractivity contribution < 1.29 is 22.8 Å². The summed E-state index contributed by atoms with van der Waals surface area (Å²) in [5.74, 6) is -0.513. The van der Waals surface area contributed by atoms with Gasteiger partial charge in [-0.25, -0.2) is 4.79 Å². The molecule has 0 fully saturated rings. The highest BCUT2D eigenvalue weighted by atomic mass is 19.4. The number of hydrogen-bond donors (Lipinski definition) is 3. The molecule has 2 aromatic rings. The number of carbonyl (C=O) groups is 2. The van der Waals surface area contributed by atoms with Crippen molar-refractivity contribution in [2.45, 2.75) is 26.9 Å². The van der Waals surface area contributed by atoms with Crippen LogP contribution in [0, 0.1) is 13.8 Å². The number of alkyl halides is 3. The lowest BCUT2D eigenvalue weighted by atomic mass is 10.0. The summed E-state index contributed by atoms with van der Waals surface area (Å²) < 4.78 is 39.9. The maximum Gasteiger partial charge on any atom is 0.416 e. The average Bonchev–Trinajstić information content (AvgIpc) is 2.89. The Labute approximate surface area is 165 Å². The Hall–Kier alpha value is -3.49. The standard InChI is InChI=1S/C20H19F3N4O2/c1-10-6-11(2)8-14(7-10)27-16-9-13(20(21,22)23)4-5-15(16)17(18(27)28)12(3)25-26-19(24)29/h4-9,25H,1-3H3,(H3,24,26,29)/b17-12-. The van der Waals surface area contributed by atoms with Gasteiger partial charge in [-0.1, -0.05) is 12.1 Å². The molecule has 0 spiro atoms. The molecule has 1 aliphatic heterocycles. The molecular weight excluding hydrogens is 385 g/mol. The summed E-state index contributed by atoms with van der Waals surface area (Å²) in [6.45, 7) is 5.20. The van der Waals surface area contributed by atoms with Crippen LogP contribution >= 0.6 is 0 Å². The number of fused-ring (bicyclic) bond motifs is 1. The van der Waals surface area contributed by atoms with Crippen LogP contribution in [0.4, 0.5) is 29.3 Å². The van der Waals surface area contributed by atoms with Gasteiger partial charge in [0.1, 0.15) is 0 Å². The molecule has 152 valence electrons. The molecule has 0 unspecified atom stereocenters. The second-order valence-corrected chi connectivity index (χ2v) is 6.83. The van der Waals surface area contributed by atoms with Gasteiger partial charge >= 0.3 is 12.2 Å². The highest BCUT2D eigenvalue weighted by molar-refractivity contribution is 6.35. The lowest BCUT2D eigenvalue weighted by molar-refractivity contribution is -0.137. The molecule has 4 N–H and O–H groups in total. The third-order valence-electron chi connectivity index (χ3n) is 4.47. The molecule has 6 nitrogen and oxygen atoms in total. The third kappa shape index (κ3) is 3.89. The van der Waals surface area contributed by atoms with E-state index in [1.165, 1.54) is 17.9 Å². The average molecular weight is 404 g/mol. The molecule has 0 atom stereocenters. The van der Waals surface area contributed by atoms with E-state index in [9.17, 15) is 22.8 Å². The first-order valence-corrected chi connectivity index (χ1v) is 8.65. The number of nitrogens with one attached hydrogen (secondary N) is 2. The van der Waals surface area contributed by atoms with E-state index in [1.807, 2.05) is 19.9 Å². The van der Waals surface area contributed by atoms with Gasteiger partial charge in [0.05, 0.1) is 16.8 Å². The second-order valence-electron chi connectivity index (χ2n) is 6.83. The van der Waals surface area contributed by atoms with E-state index in [0.717, 1.165) is 23.3 Å². The van der Waals surface area contributed by atoms with Gasteiger partial charge < -0.3 is 11.2 Å². The van der Waals surface area contributed by atoms with Crippen molar-refractivity contribution in [3.8, 4) is 0 Å². The van der Waals surface area contributed by atoms with Crippen molar-refractivity contribution in [3.05, 3.63) is 64.3 Å². The van der Waals surface area contributed by atoms with Crippen LogP contribution in [0.3, 0.4) is 0 Å². The molecule has 0 aromatic heterocycles. The number of allylic oxidation sites excluding steroid dienone is 1. The molecule has 0 saturated carbocycles. The van der Waals surface area contributed by atoms with E-state index in [-0.39, 0.29) is 17.0 Å². The van der Waals surface area contributed by atoms with Gasteiger partial charge in [-0.2, -0.15) is 13.2 Å². The van der Waals surface area contributed by atoms with Crippen molar-refractivity contribution in [1.29, 1.82) is 0 Å². The van der Waals surface area contributed by atoms with Crippen molar-refractivity contribution in [2.24, 2.45) is 5.73 Å². The largest absolute Gasteiger partial charge is 0.416 e. The molecule has 2 aromatic carbocycles. The zero-order valence-electron chi connectivity index (χ0n) is 15.9. The van der Waals surface area contributed by atoms with Crippen LogP contribution in [0.2, 0.25) is 0 Å². The van der Waals surface area contributed by atoms with Crippen molar-refractivity contribution >= 4 is 28.9 Å². The number of nitrogens with two attached hydrogens (primary N) is 1. The highest BCUT2D eigenvalue weighted by Gasteiger charge is 2.39. The quantitative estimate of drug-likeness (QED) is 0.536. The summed E-state index contributed by atoms with van der Waals surface area (Å²) in [5, 5.41) is 0. The first-order valence-electron chi connectivity index (χ1n) is 8.65. The monoisotopic (exact) mass is 404 g/mol. The van der Waals surface area contributed by atoms with E-state index in [0.29, 0.717) is 11.3 Å². The number of anilines is 2. The minimum absolute atomic E-state index is 0.116. The number of hydrogen-bond acceptors (Lipinski definition) is 3. The van der Waals surface area contributed by atoms with Gasteiger partial charge in [0.15, 0.2) is 0 Å². The number of nitrogens with zero attached hydrogens (tertiary/aromatic N) is 1. The molecule has 0 radical (unpaired) electrons. The smallest absolute Gasteiger partial charge is 0.350 e. The maximum atomic E-state index is 13.3. The third-order valence-corrected chi connectivity index (χ3v) is 4.47. The van der Waals surface area contributed by atoms with Gasteiger partial charge in [-0.15, -0.1) is 0 Å². The number of rotatable bonds is 3. The molecule has 0 saturated heterocycles. The Morgan fingerprint density at radius 3 is 2.21 bits per heavy atom. The summed E-state index contributed by atoms with van der Waals surface area (Å²) in [5.41, 5.74) is 11.9. The Kier molecular flexibility index (Phi) is 5.00. The summed E-state index contributed by atoms with van der Waals surface area (Å²) >= 11 is 0. The number of urea groups is 1. The summed E-state index contributed by atoms with van der Waals surface area (Å²) in [7, 11) is 0. The molecule has 29 heavy (non-hydrogen) atoms. The zero-order chi connectivity index (χ0) is 21.5. The van der Waals surface area contributed by atoms with E-state index >= 15 is 0 Å². The fourth-order valence-electron chi connectivity index (χ4n) is 3.36. The highest BCUT2D eigenvalue weighted by Crippen LogP contribution is 2.45. The lowest BCUT2D eigenvalue weighted by Gasteiger charge is -2.20. The molecule has 9 heteroatoms. The fourth-order valence-corrected chi connectivity index (χ4v) is 3.36. The molecule has 0 bridgehead atoms. The van der Waals surface area contributed by atoms with Gasteiger partial charge in [0.25, 0.3) is 5.91 Å². The normalized spacial score (nSPS) is 15.2. The first-order chi connectivity index (χ1) is 13.5. The number of aryl methyl sites for hydroxylation is 2. The van der Waals surface area contributed by atoms with Crippen LogP contribution in [-0.2, 0) is 11.0 Å². The predicted octanol–water partition coefficient (Wildman–Crippen LogP) is 3.90. The van der Waals surface area contributed by atoms with Gasteiger partial charge in [-0.05, 0) is 56.2 Å². The van der Waals surface area contributed by atoms with E-state index in [2.05, 4.69) is 10.9 Å². The van der Waals surface area contributed by atoms with Gasteiger partial charge in [0.2, 0.25) is 0 Å². The van der Waals surface area contributed by atoms with Crippen LogP contribution < -0.4 is 21.5 Å². The van der Waals surface area contributed by atoms with Crippen LogP contribution in [0.15, 0.2) is 42.1 Å². The molecule has 3 rings (SSSR count). The number of hydrazine groups is 1. The summed E-state index contributed by atoms with van der Waals surface area (Å²) in [4.78, 5) is 25.4. The van der Waals surface area contributed by atoms with Gasteiger partial charge in [0, 0.05) is 16.9 Å². The number of carbonyl (C=O) groups excluding carboxylic acids is 2. The summed E-state index contributed by atoms with van der Waals surface area (Å²) in [6, 6.07) is 7.61. The SMILES string of the molecule is C/C(NNC(N)=O)=C1/C(=O)N(c2cc(C)cc(C)c2)c2cc(C(F)(F)F)ccc21. The number of primary amides is 1. The first kappa shape index (κ1) is 20.2. The number of amides is 3. The second kappa shape index (κ2) is 7.16. The van der Waals surface area contributed by atoms with E-state index < -0.39 is 23.7 Å². The Morgan fingerprint density at radius 2 is 1.66 bits per heavy atom. The molecule has 3 amide bonds. The number of benzene rings is 2. The minimum atomic E-state index is -4.56. The molecular formula is C20H19F3N4O2. The fraction of sp³-hybridized carbons (Fsp3) is 0.200. The summed E-state index contributed by atoms with van der Waals surface area (Å²) in [6.07, 6.45) is -4.56. The Morgan fingerprint density at radius 1 is 1.03 bits per heavy atom. The minimum Gasteiger partial charge on any atom is -0.350 e. The van der Waals surface area contributed by atoms with Gasteiger partial charge in [-0.3, -0.25) is 15.1 Å².